The highest BCUT2D eigenvalue weighted by Crippen LogP contribution is 2.36. The van der Waals surface area contributed by atoms with Crippen LogP contribution in [0, 0.1) is 6.92 Å². The molecular weight excluding hydrogens is 421 g/mol. The van der Waals surface area contributed by atoms with Crippen molar-refractivity contribution in [2.45, 2.75) is 44.8 Å². The van der Waals surface area contributed by atoms with Gasteiger partial charge < -0.3 is 11.1 Å². The van der Waals surface area contributed by atoms with Gasteiger partial charge >= 0.3 is 6.18 Å². The molecule has 1 aliphatic heterocycles. The molecule has 1 aromatic heterocycles. The molecule has 0 unspecified atom stereocenters. The quantitative estimate of drug-likeness (QED) is 0.459. The summed E-state index contributed by atoms with van der Waals surface area (Å²) in [6.45, 7) is 3.62. The zero-order valence-electron chi connectivity index (χ0n) is 17.5. The monoisotopic (exact) mass is 446 g/mol. The third-order valence-corrected chi connectivity index (χ3v) is 6.73. The second kappa shape index (κ2) is 8.57. The first-order valence-electron chi connectivity index (χ1n) is 10.3. The van der Waals surface area contributed by atoms with Crippen LogP contribution >= 0.6 is 11.8 Å². The minimum Gasteiger partial charge on any atom is -0.399 e. The summed E-state index contributed by atoms with van der Waals surface area (Å²) in [6, 6.07) is 9.51. The topological polar surface area (TPSA) is 63.8 Å². The van der Waals surface area contributed by atoms with Gasteiger partial charge in [0.1, 0.15) is 11.6 Å². The first-order valence-corrected chi connectivity index (χ1v) is 11.5. The predicted octanol–water partition coefficient (Wildman–Crippen LogP) is 6.32. The zero-order valence-corrected chi connectivity index (χ0v) is 18.3. The van der Waals surface area contributed by atoms with E-state index in [9.17, 15) is 13.2 Å². The van der Waals surface area contributed by atoms with Gasteiger partial charge in [0.2, 0.25) is 0 Å². The van der Waals surface area contributed by atoms with Crippen molar-refractivity contribution in [1.29, 1.82) is 0 Å². The largest absolute Gasteiger partial charge is 0.416 e. The second-order valence-electron chi connectivity index (χ2n) is 8.03. The number of aryl methyl sites for hydroxylation is 1. The smallest absolute Gasteiger partial charge is 0.399 e. The lowest BCUT2D eigenvalue weighted by Gasteiger charge is -2.23. The Morgan fingerprint density at radius 2 is 1.84 bits per heavy atom. The molecule has 1 fully saturated rings. The minimum absolute atomic E-state index is 0.0830. The Balaban J connectivity index is 1.69. The van der Waals surface area contributed by atoms with Crippen molar-refractivity contribution >= 4 is 34.2 Å². The van der Waals surface area contributed by atoms with Crippen molar-refractivity contribution in [3.05, 3.63) is 58.9 Å². The van der Waals surface area contributed by atoms with Gasteiger partial charge in [-0.3, -0.25) is 0 Å². The van der Waals surface area contributed by atoms with E-state index in [2.05, 4.69) is 27.4 Å². The number of benzene rings is 2. The maximum Gasteiger partial charge on any atom is 0.416 e. The average molecular weight is 447 g/mol. The van der Waals surface area contributed by atoms with Crippen LogP contribution in [-0.2, 0) is 6.18 Å². The first-order chi connectivity index (χ1) is 14.7. The zero-order chi connectivity index (χ0) is 22.2. The SMILES string of the molecule is Cc1nc(N[C@H](C)c2cc(N)cc(C(F)(F)F)c2)c2cc(C3CCSCC3)ccc2n1. The Morgan fingerprint density at radius 3 is 2.55 bits per heavy atom. The highest BCUT2D eigenvalue weighted by molar-refractivity contribution is 7.99. The fraction of sp³-hybridized carbons (Fsp3) is 0.391. The molecule has 3 aromatic rings. The fourth-order valence-corrected chi connectivity index (χ4v) is 5.14. The Bertz CT molecular complexity index is 1090. The van der Waals surface area contributed by atoms with Crippen LogP contribution in [0.1, 0.15) is 54.2 Å². The van der Waals surface area contributed by atoms with Gasteiger partial charge in [0.05, 0.1) is 17.1 Å². The summed E-state index contributed by atoms with van der Waals surface area (Å²) in [5, 5.41) is 4.18. The molecule has 0 saturated carbocycles. The highest BCUT2D eigenvalue weighted by Gasteiger charge is 2.31. The summed E-state index contributed by atoms with van der Waals surface area (Å²) in [7, 11) is 0. The predicted molar refractivity (Wildman–Crippen MR) is 121 cm³/mol. The van der Waals surface area contributed by atoms with Crippen LogP contribution in [0.3, 0.4) is 0 Å². The standard InChI is InChI=1S/C23H25F3N4S/c1-13(17-9-18(23(24,25)26)12-19(27)10-17)28-22-20-11-16(15-5-7-31-8-6-15)3-4-21(20)29-14(2)30-22/h3-4,9-13,15H,5-8,27H2,1-2H3,(H,28,29,30)/t13-/m1/s1. The maximum absolute atomic E-state index is 13.2. The summed E-state index contributed by atoms with van der Waals surface area (Å²) in [6.07, 6.45) is -2.16. The number of alkyl halides is 3. The molecule has 0 aliphatic carbocycles. The summed E-state index contributed by atoms with van der Waals surface area (Å²) < 4.78 is 39.7. The fourth-order valence-electron chi connectivity index (χ4n) is 4.04. The molecule has 8 heteroatoms. The number of rotatable bonds is 4. The molecule has 1 saturated heterocycles. The third-order valence-electron chi connectivity index (χ3n) is 5.68. The molecular formula is C23H25F3N4S. The third kappa shape index (κ3) is 4.89. The van der Waals surface area contributed by atoms with Crippen molar-refractivity contribution < 1.29 is 13.2 Å². The lowest BCUT2D eigenvalue weighted by Crippen LogP contribution is -2.13. The lowest BCUT2D eigenvalue weighted by atomic mass is 9.92. The van der Waals surface area contributed by atoms with E-state index in [1.165, 1.54) is 5.56 Å². The van der Waals surface area contributed by atoms with Gasteiger partial charge in [0.25, 0.3) is 0 Å². The second-order valence-corrected chi connectivity index (χ2v) is 9.26. The number of hydrogen-bond donors (Lipinski definition) is 2. The van der Waals surface area contributed by atoms with Crippen molar-refractivity contribution in [1.82, 2.24) is 9.97 Å². The van der Waals surface area contributed by atoms with Crippen LogP contribution in [0.5, 0.6) is 0 Å². The molecule has 0 radical (unpaired) electrons. The number of hydrogen-bond acceptors (Lipinski definition) is 5. The van der Waals surface area contributed by atoms with E-state index in [4.69, 9.17) is 5.73 Å². The van der Waals surface area contributed by atoms with E-state index in [1.807, 2.05) is 24.8 Å². The number of aromatic nitrogens is 2. The maximum atomic E-state index is 13.2. The normalized spacial score (nSPS) is 16.4. The summed E-state index contributed by atoms with van der Waals surface area (Å²) in [5.41, 5.74) is 7.62. The highest BCUT2D eigenvalue weighted by atomic mass is 32.2. The summed E-state index contributed by atoms with van der Waals surface area (Å²) in [5.74, 6) is 4.06. The molecule has 31 heavy (non-hydrogen) atoms. The van der Waals surface area contributed by atoms with Crippen LogP contribution in [-0.4, -0.2) is 21.5 Å². The minimum atomic E-state index is -4.45. The molecule has 0 bridgehead atoms. The number of halogens is 3. The Labute approximate surface area is 183 Å². The number of fused-ring (bicyclic) bond motifs is 1. The van der Waals surface area contributed by atoms with Crippen molar-refractivity contribution in [3.63, 3.8) is 0 Å². The molecule has 2 aromatic carbocycles. The van der Waals surface area contributed by atoms with Gasteiger partial charge in [-0.1, -0.05) is 6.07 Å². The Hall–Kier alpha value is -2.48. The molecule has 4 rings (SSSR count). The number of nitrogens with zero attached hydrogens (tertiary/aromatic N) is 2. The van der Waals surface area contributed by atoms with Crippen molar-refractivity contribution in [2.75, 3.05) is 22.6 Å². The lowest BCUT2D eigenvalue weighted by molar-refractivity contribution is -0.137. The van der Waals surface area contributed by atoms with Gasteiger partial charge in [-0.25, -0.2) is 9.97 Å². The Kier molecular flexibility index (Phi) is 6.01. The molecule has 1 atom stereocenters. The molecule has 0 spiro atoms. The average Bonchev–Trinajstić information content (AvgIpc) is 2.73. The molecule has 164 valence electrons. The van der Waals surface area contributed by atoms with Gasteiger partial charge in [-0.2, -0.15) is 24.9 Å². The number of nitrogen functional groups attached to an aromatic ring is 1. The van der Waals surface area contributed by atoms with E-state index < -0.39 is 17.8 Å². The van der Waals surface area contributed by atoms with E-state index in [-0.39, 0.29) is 5.69 Å². The van der Waals surface area contributed by atoms with E-state index >= 15 is 0 Å². The van der Waals surface area contributed by atoms with E-state index in [1.54, 1.807) is 13.0 Å². The molecule has 4 nitrogen and oxygen atoms in total. The first kappa shape index (κ1) is 21.7. The molecule has 2 heterocycles. The van der Waals surface area contributed by atoms with Gasteiger partial charge in [-0.15, -0.1) is 0 Å². The van der Waals surface area contributed by atoms with Gasteiger partial charge in [0.15, 0.2) is 0 Å². The van der Waals surface area contributed by atoms with Crippen LogP contribution < -0.4 is 11.1 Å². The van der Waals surface area contributed by atoms with Crippen LogP contribution in [0.25, 0.3) is 10.9 Å². The van der Waals surface area contributed by atoms with E-state index in [0.717, 1.165) is 47.4 Å². The number of thioether (sulfide) groups is 1. The van der Waals surface area contributed by atoms with Crippen LogP contribution in [0.15, 0.2) is 36.4 Å². The van der Waals surface area contributed by atoms with E-state index in [0.29, 0.717) is 23.1 Å². The van der Waals surface area contributed by atoms with Gasteiger partial charge in [0, 0.05) is 11.1 Å². The number of nitrogens with two attached hydrogens (primary N) is 1. The molecule has 0 amide bonds. The summed E-state index contributed by atoms with van der Waals surface area (Å²) in [4.78, 5) is 9.11. The summed E-state index contributed by atoms with van der Waals surface area (Å²) >= 11 is 1.98. The number of anilines is 2. The molecule has 1 aliphatic rings. The Morgan fingerprint density at radius 1 is 1.10 bits per heavy atom. The van der Waals surface area contributed by atoms with Crippen molar-refractivity contribution in [2.24, 2.45) is 0 Å². The van der Waals surface area contributed by atoms with Crippen LogP contribution in [0.2, 0.25) is 0 Å². The molecule has 3 N–H and O–H groups in total. The number of nitrogens with one attached hydrogen (secondary N) is 1. The van der Waals surface area contributed by atoms with Crippen molar-refractivity contribution in [3.8, 4) is 0 Å². The van der Waals surface area contributed by atoms with Gasteiger partial charge in [-0.05, 0) is 85.6 Å². The van der Waals surface area contributed by atoms with Crippen LogP contribution in [0.4, 0.5) is 24.7 Å².